The summed E-state index contributed by atoms with van der Waals surface area (Å²) in [4.78, 5) is 22.4. The summed E-state index contributed by atoms with van der Waals surface area (Å²) in [7, 11) is -4.34. The van der Waals surface area contributed by atoms with Crippen molar-refractivity contribution in [2.24, 2.45) is 5.73 Å². The number of aliphatic hydroxyl groups is 1. The van der Waals surface area contributed by atoms with Gasteiger partial charge in [0.05, 0.1) is 25.4 Å². The summed E-state index contributed by atoms with van der Waals surface area (Å²) in [5, 5.41) is 13.4. The molecular formula is C32H57N2O6P. The van der Waals surface area contributed by atoms with Gasteiger partial charge < -0.3 is 21.1 Å². The van der Waals surface area contributed by atoms with Gasteiger partial charge in [0.1, 0.15) is 0 Å². The van der Waals surface area contributed by atoms with Crippen molar-refractivity contribution in [3.05, 3.63) is 60.8 Å². The molecule has 0 bridgehead atoms. The average molecular weight is 597 g/mol. The first-order valence-electron chi connectivity index (χ1n) is 15.4. The molecule has 9 heteroatoms. The molecule has 0 aromatic rings. The number of allylic oxidation sites excluding steroid dienone is 9. The number of nitrogens with one attached hydrogen (secondary N) is 1. The molecule has 0 saturated heterocycles. The molecule has 1 amide bonds. The van der Waals surface area contributed by atoms with Gasteiger partial charge in [-0.05, 0) is 44.9 Å². The highest BCUT2D eigenvalue weighted by Gasteiger charge is 2.26. The maximum absolute atomic E-state index is 12.5. The Kier molecular flexibility index (Phi) is 27.1. The van der Waals surface area contributed by atoms with E-state index in [4.69, 9.17) is 14.8 Å². The number of rotatable bonds is 27. The molecule has 0 radical (unpaired) electrons. The lowest BCUT2D eigenvalue weighted by molar-refractivity contribution is -0.122. The minimum atomic E-state index is -4.34. The van der Waals surface area contributed by atoms with E-state index >= 15 is 0 Å². The van der Waals surface area contributed by atoms with Gasteiger partial charge in [0.2, 0.25) is 5.91 Å². The molecule has 8 nitrogen and oxygen atoms in total. The first-order valence-corrected chi connectivity index (χ1v) is 16.9. The van der Waals surface area contributed by atoms with Crippen molar-refractivity contribution in [2.45, 2.75) is 116 Å². The van der Waals surface area contributed by atoms with Gasteiger partial charge in [-0.2, -0.15) is 0 Å². The highest BCUT2D eigenvalue weighted by molar-refractivity contribution is 7.47. The zero-order valence-electron chi connectivity index (χ0n) is 25.5. The number of phosphoric ester groups is 1. The fourth-order valence-corrected chi connectivity index (χ4v) is 4.55. The van der Waals surface area contributed by atoms with Crippen LogP contribution in [0.1, 0.15) is 104 Å². The van der Waals surface area contributed by atoms with Crippen molar-refractivity contribution < 1.29 is 28.4 Å². The molecule has 0 aliphatic carbocycles. The van der Waals surface area contributed by atoms with E-state index in [2.05, 4.69) is 55.6 Å². The Morgan fingerprint density at radius 1 is 0.829 bits per heavy atom. The number of carbonyl (C=O) groups is 1. The van der Waals surface area contributed by atoms with Crippen LogP contribution in [0.15, 0.2) is 60.8 Å². The number of amides is 1. The second kappa shape index (κ2) is 28.3. The third kappa shape index (κ3) is 26.8. The van der Waals surface area contributed by atoms with Crippen molar-refractivity contribution in [3.63, 3.8) is 0 Å². The maximum Gasteiger partial charge on any atom is 0.472 e. The standard InChI is InChI=1S/C32H57N2O6P/c1-3-5-7-9-11-13-14-15-16-18-20-22-24-26-32(36)34-30(29-40-41(37,38)39-28-27-33)31(35)25-23-21-19-17-12-10-8-6-4-2/h5,7,11,13,15-16,20,22-23,25,30-31,35H,3-4,6,8-10,12,14,17-19,21,24,26-29,33H2,1-2H3,(H,34,36)(H,37,38)/b7-5-,13-11-,16-15-,22-20-,25-23+. The molecule has 0 aromatic carbocycles. The van der Waals surface area contributed by atoms with E-state index in [1.54, 1.807) is 6.08 Å². The van der Waals surface area contributed by atoms with Crippen LogP contribution >= 0.6 is 7.82 Å². The number of hydrogen-bond acceptors (Lipinski definition) is 6. The molecule has 0 heterocycles. The molecule has 0 spiro atoms. The van der Waals surface area contributed by atoms with Crippen LogP contribution < -0.4 is 11.1 Å². The van der Waals surface area contributed by atoms with E-state index < -0.39 is 20.0 Å². The first-order chi connectivity index (χ1) is 19.9. The topological polar surface area (TPSA) is 131 Å². The quantitative estimate of drug-likeness (QED) is 0.0448. The Hall–Kier alpha value is -1.80. The van der Waals surface area contributed by atoms with E-state index in [9.17, 15) is 19.4 Å². The predicted octanol–water partition coefficient (Wildman–Crippen LogP) is 7.21. The summed E-state index contributed by atoms with van der Waals surface area (Å²) in [5.74, 6) is -0.281. The molecule has 3 atom stereocenters. The highest BCUT2D eigenvalue weighted by atomic mass is 31.2. The van der Waals surface area contributed by atoms with E-state index in [1.807, 2.05) is 18.2 Å². The van der Waals surface area contributed by atoms with Gasteiger partial charge in [0.15, 0.2) is 0 Å². The Morgan fingerprint density at radius 3 is 2.02 bits per heavy atom. The van der Waals surface area contributed by atoms with Crippen molar-refractivity contribution >= 4 is 13.7 Å². The van der Waals surface area contributed by atoms with Gasteiger partial charge in [-0.3, -0.25) is 13.8 Å². The van der Waals surface area contributed by atoms with E-state index in [-0.39, 0.29) is 32.1 Å². The molecule has 41 heavy (non-hydrogen) atoms. The normalized spacial score (nSPS) is 15.5. The van der Waals surface area contributed by atoms with Gasteiger partial charge in [0, 0.05) is 13.0 Å². The van der Waals surface area contributed by atoms with Gasteiger partial charge >= 0.3 is 7.82 Å². The number of phosphoric acid groups is 1. The minimum Gasteiger partial charge on any atom is -0.387 e. The Bertz CT molecular complexity index is 825. The van der Waals surface area contributed by atoms with Gasteiger partial charge in [-0.15, -0.1) is 0 Å². The smallest absolute Gasteiger partial charge is 0.387 e. The molecule has 5 N–H and O–H groups in total. The SMILES string of the molecule is CC/C=C\C/C=C\C/C=C\C/C=C\CCC(=O)NC(COP(=O)(O)OCCN)C(O)/C=C/CCCCCCCCC. The zero-order chi connectivity index (χ0) is 30.4. The summed E-state index contributed by atoms with van der Waals surface area (Å²) in [6.07, 6.45) is 32.9. The first kappa shape index (κ1) is 39.2. The van der Waals surface area contributed by atoms with Crippen molar-refractivity contribution in [1.82, 2.24) is 5.32 Å². The van der Waals surface area contributed by atoms with Crippen LogP contribution in [0.4, 0.5) is 0 Å². The molecule has 0 rings (SSSR count). The lowest BCUT2D eigenvalue weighted by Crippen LogP contribution is -2.45. The molecule has 0 aliphatic heterocycles. The third-order valence-electron chi connectivity index (χ3n) is 6.11. The van der Waals surface area contributed by atoms with E-state index in [1.165, 1.54) is 32.1 Å². The van der Waals surface area contributed by atoms with Crippen LogP contribution in [0.5, 0.6) is 0 Å². The van der Waals surface area contributed by atoms with Gasteiger partial charge in [-0.1, -0.05) is 113 Å². The number of nitrogens with two attached hydrogens (primary N) is 1. The fraction of sp³-hybridized carbons (Fsp3) is 0.656. The summed E-state index contributed by atoms with van der Waals surface area (Å²) >= 11 is 0. The molecule has 0 saturated carbocycles. The van der Waals surface area contributed by atoms with Crippen LogP contribution in [0.3, 0.4) is 0 Å². The van der Waals surface area contributed by atoms with Crippen LogP contribution in [-0.4, -0.2) is 47.8 Å². The summed E-state index contributed by atoms with van der Waals surface area (Å²) in [6, 6.07) is -0.896. The largest absolute Gasteiger partial charge is 0.472 e. The molecule has 3 unspecified atom stereocenters. The number of unbranched alkanes of at least 4 members (excludes halogenated alkanes) is 7. The monoisotopic (exact) mass is 596 g/mol. The molecular weight excluding hydrogens is 539 g/mol. The fourth-order valence-electron chi connectivity index (χ4n) is 3.79. The maximum atomic E-state index is 12.5. The summed E-state index contributed by atoms with van der Waals surface area (Å²) in [6.45, 7) is 3.87. The summed E-state index contributed by atoms with van der Waals surface area (Å²) in [5.41, 5.74) is 5.32. The third-order valence-corrected chi connectivity index (χ3v) is 7.10. The van der Waals surface area contributed by atoms with Gasteiger partial charge in [0.25, 0.3) is 0 Å². The van der Waals surface area contributed by atoms with Crippen molar-refractivity contribution in [1.29, 1.82) is 0 Å². The predicted molar refractivity (Wildman–Crippen MR) is 170 cm³/mol. The molecule has 236 valence electrons. The Morgan fingerprint density at radius 2 is 1.41 bits per heavy atom. The van der Waals surface area contributed by atoms with E-state index in [0.29, 0.717) is 6.42 Å². The second-order valence-electron chi connectivity index (χ2n) is 9.93. The van der Waals surface area contributed by atoms with Crippen LogP contribution in [0.25, 0.3) is 0 Å². The Balaban J connectivity index is 4.60. The highest BCUT2D eigenvalue weighted by Crippen LogP contribution is 2.43. The zero-order valence-corrected chi connectivity index (χ0v) is 26.4. The number of carbonyl (C=O) groups excluding carboxylic acids is 1. The average Bonchev–Trinajstić information content (AvgIpc) is 2.95. The van der Waals surface area contributed by atoms with Crippen LogP contribution in [-0.2, 0) is 18.4 Å². The van der Waals surface area contributed by atoms with E-state index in [0.717, 1.165) is 44.9 Å². The number of hydrogen-bond donors (Lipinski definition) is 4. The minimum absolute atomic E-state index is 0.0648. The Labute approximate surface area is 249 Å². The molecule has 0 fully saturated rings. The molecule has 0 aliphatic rings. The van der Waals surface area contributed by atoms with Crippen molar-refractivity contribution in [3.8, 4) is 0 Å². The van der Waals surface area contributed by atoms with Gasteiger partial charge in [-0.25, -0.2) is 4.57 Å². The van der Waals surface area contributed by atoms with Crippen molar-refractivity contribution in [2.75, 3.05) is 19.8 Å². The van der Waals surface area contributed by atoms with Crippen LogP contribution in [0.2, 0.25) is 0 Å². The van der Waals surface area contributed by atoms with Crippen LogP contribution in [0, 0.1) is 0 Å². The number of aliphatic hydroxyl groups excluding tert-OH is 1. The second-order valence-corrected chi connectivity index (χ2v) is 11.4. The lowest BCUT2D eigenvalue weighted by Gasteiger charge is -2.23. The molecule has 0 aromatic heterocycles. The lowest BCUT2D eigenvalue weighted by atomic mass is 10.1. The summed E-state index contributed by atoms with van der Waals surface area (Å²) < 4.78 is 21.8.